The van der Waals surface area contributed by atoms with Crippen molar-refractivity contribution in [3.63, 3.8) is 0 Å². The van der Waals surface area contributed by atoms with Crippen LogP contribution >= 0.6 is 0 Å². The number of hydrogen-bond donors (Lipinski definition) is 1. The molecule has 0 aliphatic carbocycles. The first-order valence-electron chi connectivity index (χ1n) is 13.6. The quantitative estimate of drug-likeness (QED) is 0.545. The van der Waals surface area contributed by atoms with Crippen molar-refractivity contribution in [1.29, 1.82) is 0 Å². The topological polar surface area (TPSA) is 129 Å². The second-order valence-corrected chi connectivity index (χ2v) is 11.4. The molecule has 0 saturated carbocycles. The number of nitrogens with two attached hydrogens (primary N) is 1. The van der Waals surface area contributed by atoms with Crippen molar-refractivity contribution in [2.45, 2.75) is 45.4 Å². The van der Waals surface area contributed by atoms with E-state index in [2.05, 4.69) is 0 Å². The fourth-order valence-electron chi connectivity index (χ4n) is 4.97. The highest BCUT2D eigenvalue weighted by Crippen LogP contribution is 2.29. The Kier molecular flexibility index (Phi) is 8.83. The summed E-state index contributed by atoms with van der Waals surface area (Å²) < 4.78 is 25.7. The third-order valence-corrected chi connectivity index (χ3v) is 7.30. The summed E-state index contributed by atoms with van der Waals surface area (Å²) in [5.41, 5.74) is 5.98. The highest BCUT2D eigenvalue weighted by Gasteiger charge is 2.38. The SMILES string of the molecule is CC(=O)C(N)[C@@H]1CN(c2ccc(N3CCN(C(=O)CN4CCN(C(=O)OC(C)(C)C)CC4)CC3)c(F)c2)C(=O)O1. The molecular formula is C27H39FN6O6. The second-order valence-electron chi connectivity index (χ2n) is 11.4. The number of hydrogen-bond acceptors (Lipinski definition) is 9. The molecule has 3 saturated heterocycles. The van der Waals surface area contributed by atoms with E-state index >= 15 is 4.39 Å². The summed E-state index contributed by atoms with van der Waals surface area (Å²) in [5.74, 6) is -0.779. The third kappa shape index (κ3) is 7.00. The molecule has 0 radical (unpaired) electrons. The number of anilines is 2. The molecule has 12 nitrogen and oxygen atoms in total. The van der Waals surface area contributed by atoms with Gasteiger partial charge in [0.25, 0.3) is 0 Å². The number of piperazine rings is 2. The number of benzene rings is 1. The van der Waals surface area contributed by atoms with Crippen molar-refractivity contribution in [3.8, 4) is 0 Å². The summed E-state index contributed by atoms with van der Waals surface area (Å²) in [4.78, 5) is 57.6. The van der Waals surface area contributed by atoms with Gasteiger partial charge in [0.15, 0.2) is 0 Å². The summed E-state index contributed by atoms with van der Waals surface area (Å²) in [5, 5.41) is 0. The number of nitrogens with zero attached hydrogens (tertiary/aromatic N) is 5. The van der Waals surface area contributed by atoms with Gasteiger partial charge in [0.05, 0.1) is 24.5 Å². The number of cyclic esters (lactones) is 1. The number of carbonyl (C=O) groups excluding carboxylic acids is 4. The van der Waals surface area contributed by atoms with Crippen molar-refractivity contribution >= 4 is 35.3 Å². The molecule has 1 aromatic carbocycles. The molecule has 0 aromatic heterocycles. The van der Waals surface area contributed by atoms with Crippen LogP contribution in [0.1, 0.15) is 27.7 Å². The standard InChI is InChI=1S/C27H39FN6O6/c1-18(35)24(29)22-16-34(26(38)39-22)19-5-6-21(20(28)15-19)31-11-13-32(14-12-31)23(36)17-30-7-9-33(10-8-30)25(37)40-27(2,3)4/h5-6,15,22,24H,7-14,16-17,29H2,1-4H3/t22-,24?/m0/s1. The van der Waals surface area contributed by atoms with E-state index in [1.54, 1.807) is 21.9 Å². The smallest absolute Gasteiger partial charge is 0.414 e. The number of Topliss-reactive ketones (excluding diaryl/α,β-unsaturated/α-hetero) is 1. The van der Waals surface area contributed by atoms with Gasteiger partial charge in [-0.05, 0) is 45.9 Å². The van der Waals surface area contributed by atoms with Crippen LogP contribution in [0.3, 0.4) is 0 Å². The van der Waals surface area contributed by atoms with Crippen molar-refractivity contribution in [2.75, 3.05) is 75.2 Å². The Morgan fingerprint density at radius 3 is 2.25 bits per heavy atom. The van der Waals surface area contributed by atoms with E-state index in [-0.39, 0.29) is 30.9 Å². The first-order chi connectivity index (χ1) is 18.8. The number of amides is 3. The van der Waals surface area contributed by atoms with Gasteiger partial charge in [0, 0.05) is 52.4 Å². The van der Waals surface area contributed by atoms with Gasteiger partial charge in [-0.3, -0.25) is 19.4 Å². The van der Waals surface area contributed by atoms with Crippen LogP contribution in [0.2, 0.25) is 0 Å². The van der Waals surface area contributed by atoms with Crippen LogP contribution in [-0.4, -0.2) is 122 Å². The Morgan fingerprint density at radius 1 is 1.05 bits per heavy atom. The van der Waals surface area contributed by atoms with Crippen LogP contribution in [0.4, 0.5) is 25.4 Å². The Labute approximate surface area is 233 Å². The largest absolute Gasteiger partial charge is 0.444 e. The number of carbonyl (C=O) groups is 4. The molecule has 40 heavy (non-hydrogen) atoms. The zero-order valence-corrected chi connectivity index (χ0v) is 23.6. The van der Waals surface area contributed by atoms with Crippen molar-refractivity contribution < 1.29 is 33.0 Å². The van der Waals surface area contributed by atoms with E-state index in [1.807, 2.05) is 30.6 Å². The Balaban J connectivity index is 1.25. The highest BCUT2D eigenvalue weighted by molar-refractivity contribution is 5.91. The minimum Gasteiger partial charge on any atom is -0.444 e. The van der Waals surface area contributed by atoms with Gasteiger partial charge in [-0.1, -0.05) is 0 Å². The van der Waals surface area contributed by atoms with Crippen LogP contribution in [0.5, 0.6) is 0 Å². The summed E-state index contributed by atoms with van der Waals surface area (Å²) in [6.45, 7) is 11.2. The second kappa shape index (κ2) is 12.0. The summed E-state index contributed by atoms with van der Waals surface area (Å²) in [6.07, 6.45) is -1.80. The number of halogens is 1. The Morgan fingerprint density at radius 2 is 1.68 bits per heavy atom. The lowest BCUT2D eigenvalue weighted by Gasteiger charge is -2.39. The summed E-state index contributed by atoms with van der Waals surface area (Å²) in [6, 6.07) is 3.58. The number of ketones is 1. The van der Waals surface area contributed by atoms with Crippen molar-refractivity contribution in [1.82, 2.24) is 14.7 Å². The molecule has 0 bridgehead atoms. The van der Waals surface area contributed by atoms with Crippen molar-refractivity contribution in [3.05, 3.63) is 24.0 Å². The fraction of sp³-hybridized carbons (Fsp3) is 0.630. The predicted octanol–water partition coefficient (Wildman–Crippen LogP) is 1.27. The molecule has 220 valence electrons. The lowest BCUT2D eigenvalue weighted by Crippen LogP contribution is -2.55. The molecular weight excluding hydrogens is 523 g/mol. The normalized spacial score (nSPS) is 21.4. The molecule has 13 heteroatoms. The molecule has 1 aromatic rings. The monoisotopic (exact) mass is 562 g/mol. The zero-order valence-electron chi connectivity index (χ0n) is 23.6. The highest BCUT2D eigenvalue weighted by atomic mass is 19.1. The predicted molar refractivity (Wildman–Crippen MR) is 146 cm³/mol. The molecule has 2 N–H and O–H groups in total. The maximum atomic E-state index is 15.1. The lowest BCUT2D eigenvalue weighted by atomic mass is 10.1. The van der Waals surface area contributed by atoms with E-state index in [1.165, 1.54) is 17.9 Å². The molecule has 3 heterocycles. The van der Waals surface area contributed by atoms with Gasteiger partial charge < -0.3 is 29.9 Å². The van der Waals surface area contributed by atoms with E-state index in [0.29, 0.717) is 63.7 Å². The van der Waals surface area contributed by atoms with Crippen LogP contribution in [0.25, 0.3) is 0 Å². The minimum atomic E-state index is -0.932. The van der Waals surface area contributed by atoms with Gasteiger partial charge in [0.1, 0.15) is 29.3 Å². The number of rotatable bonds is 6. The maximum absolute atomic E-state index is 15.1. The molecule has 3 aliphatic rings. The van der Waals surface area contributed by atoms with E-state index in [4.69, 9.17) is 15.2 Å². The van der Waals surface area contributed by atoms with E-state index in [0.717, 1.165) is 0 Å². The fourth-order valence-corrected chi connectivity index (χ4v) is 4.97. The molecule has 3 fully saturated rings. The van der Waals surface area contributed by atoms with Crippen LogP contribution in [0.15, 0.2) is 18.2 Å². The average molecular weight is 563 g/mol. The first kappa shape index (κ1) is 29.5. The van der Waals surface area contributed by atoms with Gasteiger partial charge in [-0.25, -0.2) is 14.0 Å². The maximum Gasteiger partial charge on any atom is 0.414 e. The molecule has 2 atom stereocenters. The Bertz CT molecular complexity index is 1130. The lowest BCUT2D eigenvalue weighted by molar-refractivity contribution is -0.133. The minimum absolute atomic E-state index is 0.00653. The van der Waals surface area contributed by atoms with Crippen LogP contribution in [-0.2, 0) is 19.1 Å². The van der Waals surface area contributed by atoms with Crippen LogP contribution in [0, 0.1) is 5.82 Å². The van der Waals surface area contributed by atoms with E-state index < -0.39 is 29.7 Å². The third-order valence-electron chi connectivity index (χ3n) is 7.30. The summed E-state index contributed by atoms with van der Waals surface area (Å²) >= 11 is 0. The summed E-state index contributed by atoms with van der Waals surface area (Å²) in [7, 11) is 0. The molecule has 0 spiro atoms. The van der Waals surface area contributed by atoms with Gasteiger partial charge in [-0.15, -0.1) is 0 Å². The molecule has 3 amide bonds. The van der Waals surface area contributed by atoms with Crippen LogP contribution < -0.4 is 15.5 Å². The van der Waals surface area contributed by atoms with Gasteiger partial charge >= 0.3 is 12.2 Å². The number of ether oxygens (including phenoxy) is 2. The van der Waals surface area contributed by atoms with Gasteiger partial charge in [-0.2, -0.15) is 0 Å². The molecule has 1 unspecified atom stereocenters. The Hall–Kier alpha value is -3.45. The van der Waals surface area contributed by atoms with Gasteiger partial charge in [0.2, 0.25) is 5.91 Å². The zero-order chi connectivity index (χ0) is 29.2. The first-order valence-corrected chi connectivity index (χ1v) is 13.6. The average Bonchev–Trinajstić information content (AvgIpc) is 3.29. The molecule has 3 aliphatic heterocycles. The molecule has 4 rings (SSSR count). The van der Waals surface area contributed by atoms with Crippen molar-refractivity contribution in [2.24, 2.45) is 5.73 Å². The van der Waals surface area contributed by atoms with E-state index in [9.17, 15) is 19.2 Å².